The van der Waals surface area contributed by atoms with Crippen LogP contribution < -0.4 is 11.1 Å². The number of benzene rings is 9. The smallest absolute Gasteiger partial charge is 0.0726 e. The van der Waals surface area contributed by atoms with Crippen LogP contribution in [0.3, 0.4) is 0 Å². The molecular weight excluding hydrogens is 665 g/mol. The predicted octanol–water partition coefficient (Wildman–Crippen LogP) is 13.4. The second kappa shape index (κ2) is 14.7. The summed E-state index contributed by atoms with van der Waals surface area (Å²) >= 11 is 0. The molecule has 262 valence electrons. The lowest BCUT2D eigenvalue weighted by molar-refractivity contribution is 0.775. The first-order valence-corrected chi connectivity index (χ1v) is 18.8. The Morgan fingerprint density at radius 1 is 0.455 bits per heavy atom. The van der Waals surface area contributed by atoms with Crippen molar-refractivity contribution in [1.82, 2.24) is 5.32 Å². The van der Waals surface area contributed by atoms with E-state index in [0.717, 1.165) is 39.1 Å². The minimum atomic E-state index is -0.238. The van der Waals surface area contributed by atoms with Crippen LogP contribution in [0, 0.1) is 0 Å². The van der Waals surface area contributed by atoms with Gasteiger partial charge < -0.3 is 11.1 Å². The Bertz CT molecular complexity index is 2850. The largest absolute Gasteiger partial charge is 0.398 e. The minimum absolute atomic E-state index is 0.238. The molecule has 9 rings (SSSR count). The van der Waals surface area contributed by atoms with Crippen molar-refractivity contribution >= 4 is 43.7 Å². The van der Waals surface area contributed by atoms with E-state index in [1.165, 1.54) is 49.0 Å². The molecule has 0 fully saturated rings. The summed E-state index contributed by atoms with van der Waals surface area (Å²) in [6.07, 6.45) is 2.10. The fraction of sp³-hybridized carbons (Fsp3) is 0.0189. The van der Waals surface area contributed by atoms with Crippen LogP contribution >= 0.6 is 0 Å². The summed E-state index contributed by atoms with van der Waals surface area (Å²) in [7, 11) is 0. The zero-order valence-electron chi connectivity index (χ0n) is 30.5. The molecule has 0 aliphatic carbocycles. The molecule has 55 heavy (non-hydrogen) atoms. The van der Waals surface area contributed by atoms with Crippen LogP contribution in [-0.2, 0) is 0 Å². The Hall–Kier alpha value is -7.16. The summed E-state index contributed by atoms with van der Waals surface area (Å²) in [5, 5.41) is 11.2. The number of nitrogens with one attached hydrogen (secondary N) is 1. The molecule has 1 atom stereocenters. The molecular formula is C53H40N2. The first-order valence-electron chi connectivity index (χ1n) is 18.8. The van der Waals surface area contributed by atoms with E-state index < -0.39 is 0 Å². The van der Waals surface area contributed by atoms with E-state index in [4.69, 9.17) is 5.73 Å². The minimum Gasteiger partial charge on any atom is -0.398 e. The lowest BCUT2D eigenvalue weighted by atomic mass is 9.88. The van der Waals surface area contributed by atoms with Crippen LogP contribution in [-0.4, -0.2) is 0 Å². The monoisotopic (exact) mass is 704 g/mol. The van der Waals surface area contributed by atoms with Gasteiger partial charge in [0, 0.05) is 11.4 Å². The fourth-order valence-corrected chi connectivity index (χ4v) is 7.87. The van der Waals surface area contributed by atoms with Gasteiger partial charge in [-0.2, -0.15) is 0 Å². The third-order valence-corrected chi connectivity index (χ3v) is 10.7. The molecule has 0 aliphatic heterocycles. The molecule has 0 spiro atoms. The maximum atomic E-state index is 6.78. The average molecular weight is 705 g/mol. The summed E-state index contributed by atoms with van der Waals surface area (Å²) in [6, 6.07) is 70.8. The zero-order valence-corrected chi connectivity index (χ0v) is 30.5. The Morgan fingerprint density at radius 3 is 1.78 bits per heavy atom. The van der Waals surface area contributed by atoms with Crippen molar-refractivity contribution < 1.29 is 0 Å². The third kappa shape index (κ3) is 6.67. The van der Waals surface area contributed by atoms with Crippen molar-refractivity contribution in [3.8, 4) is 33.4 Å². The Kier molecular flexibility index (Phi) is 8.99. The molecule has 0 heterocycles. The first-order chi connectivity index (χ1) is 27.1. The maximum Gasteiger partial charge on any atom is 0.0726 e. The maximum absolute atomic E-state index is 6.78. The van der Waals surface area contributed by atoms with Gasteiger partial charge in [-0.1, -0.05) is 201 Å². The van der Waals surface area contributed by atoms with Crippen molar-refractivity contribution in [2.24, 2.45) is 5.73 Å². The topological polar surface area (TPSA) is 38.0 Å². The molecule has 0 saturated carbocycles. The van der Waals surface area contributed by atoms with Gasteiger partial charge in [-0.25, -0.2) is 0 Å². The van der Waals surface area contributed by atoms with E-state index >= 15 is 0 Å². The molecule has 3 N–H and O–H groups in total. The highest BCUT2D eigenvalue weighted by atomic mass is 14.9. The van der Waals surface area contributed by atoms with Crippen LogP contribution in [0.2, 0.25) is 0 Å². The van der Waals surface area contributed by atoms with Gasteiger partial charge in [0.15, 0.2) is 0 Å². The van der Waals surface area contributed by atoms with Crippen LogP contribution in [0.4, 0.5) is 0 Å². The normalized spacial score (nSPS) is 12.2. The van der Waals surface area contributed by atoms with E-state index in [0.29, 0.717) is 5.70 Å². The van der Waals surface area contributed by atoms with E-state index in [-0.39, 0.29) is 6.04 Å². The molecule has 0 aliphatic rings. The standard InChI is InChI=1S/C53H40N2/c1-36(55-52(35-51(54)42-18-6-3-7-19-42)49-23-13-12-20-45(49)38-14-4-2-5-15-38)37-24-29-43(30-25-37)53-47-22-11-9-17-40(47)32-33-48(53)44-31-28-41-27-26-39-16-8-10-21-46(39)50(41)34-44/h2-35,52,55H,1,54H2/b51-35-. The molecule has 9 aromatic rings. The van der Waals surface area contributed by atoms with Gasteiger partial charge in [0.1, 0.15) is 0 Å². The second-order valence-electron chi connectivity index (χ2n) is 14.1. The summed E-state index contributed by atoms with van der Waals surface area (Å²) in [6.45, 7) is 4.56. The third-order valence-electron chi connectivity index (χ3n) is 10.7. The van der Waals surface area contributed by atoms with Gasteiger partial charge in [-0.05, 0) is 94.5 Å². The molecule has 0 radical (unpaired) electrons. The van der Waals surface area contributed by atoms with Crippen LogP contribution in [0.15, 0.2) is 213 Å². The number of hydrogen-bond donors (Lipinski definition) is 2. The quantitative estimate of drug-likeness (QED) is 0.147. The van der Waals surface area contributed by atoms with Gasteiger partial charge in [0.05, 0.1) is 6.04 Å². The fourth-order valence-electron chi connectivity index (χ4n) is 7.87. The second-order valence-corrected chi connectivity index (χ2v) is 14.1. The van der Waals surface area contributed by atoms with Gasteiger partial charge in [-0.3, -0.25) is 0 Å². The first kappa shape index (κ1) is 33.7. The lowest BCUT2D eigenvalue weighted by Crippen LogP contribution is -2.20. The molecule has 9 aromatic carbocycles. The molecule has 2 nitrogen and oxygen atoms in total. The van der Waals surface area contributed by atoms with Gasteiger partial charge in [0.25, 0.3) is 0 Å². The SMILES string of the molecule is C=C(NC(/C=C(\N)c1ccccc1)c1ccccc1-c1ccccc1)c1ccc(-c2c(-c3ccc4ccc5ccccc5c4c3)ccc3ccccc23)cc1. The molecule has 2 heteroatoms. The number of hydrogen-bond acceptors (Lipinski definition) is 2. The molecule has 0 aromatic heterocycles. The highest BCUT2D eigenvalue weighted by Crippen LogP contribution is 2.40. The summed E-state index contributed by atoms with van der Waals surface area (Å²) < 4.78 is 0. The van der Waals surface area contributed by atoms with Crippen molar-refractivity contribution in [1.29, 1.82) is 0 Å². The summed E-state index contributed by atoms with van der Waals surface area (Å²) in [5.41, 5.74) is 18.5. The Balaban J connectivity index is 1.10. The number of fused-ring (bicyclic) bond motifs is 4. The molecule has 0 bridgehead atoms. The van der Waals surface area contributed by atoms with Gasteiger partial charge in [-0.15, -0.1) is 0 Å². The van der Waals surface area contributed by atoms with E-state index in [9.17, 15) is 0 Å². The Labute approximate surface area is 322 Å². The summed E-state index contributed by atoms with van der Waals surface area (Å²) in [4.78, 5) is 0. The highest BCUT2D eigenvalue weighted by Gasteiger charge is 2.18. The Morgan fingerprint density at radius 2 is 1.02 bits per heavy atom. The summed E-state index contributed by atoms with van der Waals surface area (Å²) in [5.74, 6) is 0. The molecule has 0 amide bonds. The number of nitrogens with two attached hydrogens (primary N) is 1. The average Bonchev–Trinajstić information content (AvgIpc) is 3.26. The van der Waals surface area contributed by atoms with Crippen molar-refractivity contribution in [3.63, 3.8) is 0 Å². The molecule has 0 saturated heterocycles. The van der Waals surface area contributed by atoms with Crippen molar-refractivity contribution in [3.05, 3.63) is 230 Å². The number of rotatable bonds is 9. The van der Waals surface area contributed by atoms with Crippen molar-refractivity contribution in [2.45, 2.75) is 6.04 Å². The van der Waals surface area contributed by atoms with E-state index in [1.807, 2.05) is 36.4 Å². The zero-order chi connectivity index (χ0) is 37.1. The van der Waals surface area contributed by atoms with E-state index in [2.05, 4.69) is 182 Å². The van der Waals surface area contributed by atoms with Crippen molar-refractivity contribution in [2.75, 3.05) is 0 Å². The van der Waals surface area contributed by atoms with Crippen LogP contribution in [0.25, 0.3) is 77.1 Å². The highest BCUT2D eigenvalue weighted by molar-refractivity contribution is 6.10. The lowest BCUT2D eigenvalue weighted by Gasteiger charge is -2.23. The van der Waals surface area contributed by atoms with Crippen LogP contribution in [0.5, 0.6) is 0 Å². The molecule has 1 unspecified atom stereocenters. The van der Waals surface area contributed by atoms with Gasteiger partial charge in [0.2, 0.25) is 0 Å². The predicted molar refractivity (Wildman–Crippen MR) is 235 cm³/mol. The van der Waals surface area contributed by atoms with Gasteiger partial charge >= 0.3 is 0 Å². The van der Waals surface area contributed by atoms with Crippen LogP contribution in [0.1, 0.15) is 22.7 Å². The van der Waals surface area contributed by atoms with E-state index in [1.54, 1.807) is 0 Å².